The monoisotopic (exact) mass is 408 g/mol. The lowest BCUT2D eigenvalue weighted by Crippen LogP contribution is -2.36. The zero-order valence-electron chi connectivity index (χ0n) is 17.7. The van der Waals surface area contributed by atoms with Crippen LogP contribution in [0.2, 0.25) is 0 Å². The van der Waals surface area contributed by atoms with Crippen LogP contribution in [0.25, 0.3) is 11.0 Å². The minimum atomic E-state index is -0.381. The Morgan fingerprint density at radius 2 is 1.73 bits per heavy atom. The van der Waals surface area contributed by atoms with Gasteiger partial charge in [-0.3, -0.25) is 9.59 Å². The molecule has 30 heavy (non-hydrogen) atoms. The second kappa shape index (κ2) is 9.91. The average molecular weight is 409 g/mol. The van der Waals surface area contributed by atoms with Gasteiger partial charge in [-0.05, 0) is 45.0 Å². The van der Waals surface area contributed by atoms with E-state index in [2.05, 4.69) is 10.3 Å². The highest BCUT2D eigenvalue weighted by atomic mass is 16.5. The highest BCUT2D eigenvalue weighted by Crippen LogP contribution is 2.21. The Bertz CT molecular complexity index is 996. The van der Waals surface area contributed by atoms with Crippen molar-refractivity contribution in [2.24, 2.45) is 0 Å². The third kappa shape index (κ3) is 4.97. The molecule has 0 saturated carbocycles. The predicted octanol–water partition coefficient (Wildman–Crippen LogP) is 3.16. The number of rotatable bonds is 9. The normalized spacial score (nSPS) is 11.8. The average Bonchev–Trinajstić information content (AvgIpc) is 3.12. The van der Waals surface area contributed by atoms with E-state index >= 15 is 0 Å². The van der Waals surface area contributed by atoms with Gasteiger partial charge < -0.3 is 19.5 Å². The van der Waals surface area contributed by atoms with Crippen molar-refractivity contribution >= 4 is 22.8 Å². The number of hydrogen-bond acceptors (Lipinski definition) is 4. The lowest BCUT2D eigenvalue weighted by atomic mass is 10.3. The Morgan fingerprint density at radius 1 is 1.07 bits per heavy atom. The van der Waals surface area contributed by atoms with Crippen molar-refractivity contribution in [1.82, 2.24) is 19.8 Å². The molecule has 0 aliphatic carbocycles. The molecular weight excluding hydrogens is 380 g/mol. The number of ether oxygens (including phenoxy) is 1. The molecule has 0 aliphatic heterocycles. The largest absolute Gasteiger partial charge is 0.484 e. The first kappa shape index (κ1) is 21.4. The molecule has 158 valence electrons. The van der Waals surface area contributed by atoms with Crippen molar-refractivity contribution in [3.8, 4) is 5.75 Å². The van der Waals surface area contributed by atoms with Crippen LogP contribution in [0.4, 0.5) is 0 Å². The molecule has 7 nitrogen and oxygen atoms in total. The number of nitrogens with one attached hydrogen (secondary N) is 1. The first-order chi connectivity index (χ1) is 14.5. The van der Waals surface area contributed by atoms with Crippen molar-refractivity contribution in [3.05, 3.63) is 60.4 Å². The smallest absolute Gasteiger partial charge is 0.258 e. The molecule has 1 unspecified atom stereocenters. The van der Waals surface area contributed by atoms with E-state index in [4.69, 9.17) is 4.74 Å². The van der Waals surface area contributed by atoms with E-state index < -0.39 is 0 Å². The van der Waals surface area contributed by atoms with Gasteiger partial charge in [-0.15, -0.1) is 0 Å². The van der Waals surface area contributed by atoms with Gasteiger partial charge in [0, 0.05) is 13.1 Å². The molecule has 0 saturated heterocycles. The molecule has 3 rings (SSSR count). The van der Waals surface area contributed by atoms with Gasteiger partial charge in [-0.2, -0.15) is 0 Å². The summed E-state index contributed by atoms with van der Waals surface area (Å²) in [5, 5.41) is 2.93. The van der Waals surface area contributed by atoms with Crippen molar-refractivity contribution in [2.45, 2.75) is 33.4 Å². The maximum Gasteiger partial charge on any atom is 0.258 e. The van der Waals surface area contributed by atoms with Crippen LogP contribution < -0.4 is 10.1 Å². The van der Waals surface area contributed by atoms with Crippen LogP contribution in [-0.4, -0.2) is 46.0 Å². The SMILES string of the molecule is CCN(CC)C(=O)Cn1c(C(C)NC(=O)COc2ccccc2)nc2ccccc21. The molecule has 0 spiro atoms. The van der Waals surface area contributed by atoms with Crippen molar-refractivity contribution < 1.29 is 14.3 Å². The third-order valence-electron chi connectivity index (χ3n) is 4.97. The van der Waals surface area contributed by atoms with E-state index in [0.717, 1.165) is 11.0 Å². The van der Waals surface area contributed by atoms with Crippen LogP contribution in [0, 0.1) is 0 Å². The maximum atomic E-state index is 12.7. The molecule has 0 bridgehead atoms. The van der Waals surface area contributed by atoms with Gasteiger partial charge in [0.25, 0.3) is 5.91 Å². The lowest BCUT2D eigenvalue weighted by Gasteiger charge is -2.21. The fourth-order valence-electron chi connectivity index (χ4n) is 3.42. The summed E-state index contributed by atoms with van der Waals surface area (Å²) in [5.41, 5.74) is 1.66. The number of nitrogens with zero attached hydrogens (tertiary/aromatic N) is 3. The number of likely N-dealkylation sites (N-methyl/N-ethyl adjacent to an activating group) is 1. The molecule has 2 amide bonds. The second-order valence-corrected chi connectivity index (χ2v) is 7.00. The number of carbonyl (C=O) groups excluding carboxylic acids is 2. The number of benzene rings is 2. The predicted molar refractivity (Wildman–Crippen MR) is 116 cm³/mol. The number of para-hydroxylation sites is 3. The molecule has 0 radical (unpaired) electrons. The Kier molecular flexibility index (Phi) is 7.06. The van der Waals surface area contributed by atoms with E-state index in [1.807, 2.05) is 67.8 Å². The van der Waals surface area contributed by atoms with Crippen LogP contribution in [-0.2, 0) is 16.1 Å². The van der Waals surface area contributed by atoms with Gasteiger partial charge in [0.2, 0.25) is 5.91 Å². The third-order valence-corrected chi connectivity index (χ3v) is 4.97. The molecule has 2 aromatic carbocycles. The number of imidazole rings is 1. The summed E-state index contributed by atoms with van der Waals surface area (Å²) in [4.78, 5) is 31.6. The fourth-order valence-corrected chi connectivity index (χ4v) is 3.42. The number of fused-ring (bicyclic) bond motifs is 1. The Labute approximate surface area is 176 Å². The zero-order valence-corrected chi connectivity index (χ0v) is 17.7. The van der Waals surface area contributed by atoms with Crippen LogP contribution in [0.3, 0.4) is 0 Å². The summed E-state index contributed by atoms with van der Waals surface area (Å²) in [6.45, 7) is 7.18. The first-order valence-corrected chi connectivity index (χ1v) is 10.2. The number of hydrogen-bond donors (Lipinski definition) is 1. The molecule has 1 N–H and O–H groups in total. The topological polar surface area (TPSA) is 76.5 Å². The molecule has 1 aromatic heterocycles. The minimum absolute atomic E-state index is 0.0235. The quantitative estimate of drug-likeness (QED) is 0.590. The molecular formula is C23H28N4O3. The molecule has 7 heteroatoms. The first-order valence-electron chi connectivity index (χ1n) is 10.2. The van der Waals surface area contributed by atoms with Gasteiger partial charge in [-0.1, -0.05) is 30.3 Å². The van der Waals surface area contributed by atoms with Gasteiger partial charge in [0.05, 0.1) is 17.1 Å². The van der Waals surface area contributed by atoms with E-state index in [1.165, 1.54) is 0 Å². The van der Waals surface area contributed by atoms with Gasteiger partial charge in [-0.25, -0.2) is 4.98 Å². The van der Waals surface area contributed by atoms with Crippen molar-refractivity contribution in [2.75, 3.05) is 19.7 Å². The van der Waals surface area contributed by atoms with Crippen LogP contribution >= 0.6 is 0 Å². The number of carbonyl (C=O) groups is 2. The van der Waals surface area contributed by atoms with Gasteiger partial charge in [0.1, 0.15) is 18.1 Å². The minimum Gasteiger partial charge on any atom is -0.484 e. The molecule has 0 fully saturated rings. The van der Waals surface area contributed by atoms with Gasteiger partial charge >= 0.3 is 0 Å². The Balaban J connectivity index is 1.76. The molecule has 0 aliphatic rings. The van der Waals surface area contributed by atoms with Crippen LogP contribution in [0.1, 0.15) is 32.6 Å². The van der Waals surface area contributed by atoms with E-state index in [0.29, 0.717) is 24.7 Å². The second-order valence-electron chi connectivity index (χ2n) is 7.00. The summed E-state index contributed by atoms with van der Waals surface area (Å²) in [6, 6.07) is 16.5. The standard InChI is InChI=1S/C23H28N4O3/c1-4-26(5-2)22(29)15-27-20-14-10-9-13-19(20)25-23(27)17(3)24-21(28)16-30-18-11-7-6-8-12-18/h6-14,17H,4-5,15-16H2,1-3H3,(H,24,28). The van der Waals surface area contributed by atoms with Crippen LogP contribution in [0.5, 0.6) is 5.75 Å². The van der Waals surface area contributed by atoms with E-state index in [9.17, 15) is 9.59 Å². The Hall–Kier alpha value is -3.35. The lowest BCUT2D eigenvalue weighted by molar-refractivity contribution is -0.131. The van der Waals surface area contributed by atoms with Crippen molar-refractivity contribution in [3.63, 3.8) is 0 Å². The fraction of sp³-hybridized carbons (Fsp3) is 0.348. The van der Waals surface area contributed by atoms with Crippen LogP contribution in [0.15, 0.2) is 54.6 Å². The maximum absolute atomic E-state index is 12.7. The highest BCUT2D eigenvalue weighted by molar-refractivity contribution is 5.82. The Morgan fingerprint density at radius 3 is 2.43 bits per heavy atom. The van der Waals surface area contributed by atoms with Gasteiger partial charge in [0.15, 0.2) is 6.61 Å². The summed E-state index contributed by atoms with van der Waals surface area (Å²) in [7, 11) is 0. The number of aromatic nitrogens is 2. The summed E-state index contributed by atoms with van der Waals surface area (Å²) < 4.78 is 7.41. The summed E-state index contributed by atoms with van der Waals surface area (Å²) >= 11 is 0. The van der Waals surface area contributed by atoms with E-state index in [1.54, 1.807) is 17.0 Å². The summed E-state index contributed by atoms with van der Waals surface area (Å²) in [5.74, 6) is 1.05. The number of amides is 2. The highest BCUT2D eigenvalue weighted by Gasteiger charge is 2.21. The van der Waals surface area contributed by atoms with E-state index in [-0.39, 0.29) is 31.0 Å². The molecule has 1 atom stereocenters. The van der Waals surface area contributed by atoms with Crippen molar-refractivity contribution in [1.29, 1.82) is 0 Å². The zero-order chi connectivity index (χ0) is 21.5. The molecule has 1 heterocycles. The summed E-state index contributed by atoms with van der Waals surface area (Å²) in [6.07, 6.45) is 0. The molecule has 3 aromatic rings.